The molecule has 6 rings (SSSR count). The van der Waals surface area contributed by atoms with E-state index < -0.39 is 34.2 Å². The number of hydrogen-bond acceptors (Lipinski definition) is 7. The number of piperidine rings is 2. The molecule has 3 aromatic rings. The number of alkyl halides is 2. The van der Waals surface area contributed by atoms with Gasteiger partial charge >= 0.3 is 0 Å². The summed E-state index contributed by atoms with van der Waals surface area (Å²) in [5, 5.41) is 12.7. The molecule has 3 fully saturated rings. The van der Waals surface area contributed by atoms with E-state index in [0.717, 1.165) is 25.9 Å². The van der Waals surface area contributed by atoms with Crippen LogP contribution >= 0.6 is 0 Å². The molecular formula is C30H35F2N5O4S. The van der Waals surface area contributed by atoms with E-state index in [-0.39, 0.29) is 43.3 Å². The van der Waals surface area contributed by atoms with Crippen LogP contribution < -0.4 is 19.8 Å². The predicted molar refractivity (Wildman–Crippen MR) is 160 cm³/mol. The van der Waals surface area contributed by atoms with Gasteiger partial charge in [-0.1, -0.05) is 6.07 Å². The average Bonchev–Trinajstić information content (AvgIpc) is 3.72. The lowest BCUT2D eigenvalue weighted by atomic mass is 9.93. The second kappa shape index (κ2) is 11.0. The molecule has 1 saturated carbocycles. The second-order valence-corrected chi connectivity index (χ2v) is 13.5. The van der Waals surface area contributed by atoms with Gasteiger partial charge in [-0.25, -0.2) is 17.2 Å². The predicted octanol–water partition coefficient (Wildman–Crippen LogP) is 4.84. The minimum absolute atomic E-state index is 0.00616. The Balaban J connectivity index is 1.33. The summed E-state index contributed by atoms with van der Waals surface area (Å²) in [5.74, 6) is -3.67. The number of rotatable bonds is 8. The van der Waals surface area contributed by atoms with Gasteiger partial charge in [0.2, 0.25) is 10.0 Å². The van der Waals surface area contributed by atoms with Gasteiger partial charge in [-0.3, -0.25) is 14.5 Å². The Hall–Kier alpha value is -3.51. The molecule has 3 N–H and O–H groups in total. The van der Waals surface area contributed by atoms with E-state index >= 15 is 0 Å². The molecule has 0 radical (unpaired) electrons. The van der Waals surface area contributed by atoms with Crippen molar-refractivity contribution in [2.45, 2.75) is 44.4 Å². The van der Waals surface area contributed by atoms with E-state index in [0.29, 0.717) is 33.3 Å². The fraction of sp³-hybridized carbons (Fsp3) is 0.467. The van der Waals surface area contributed by atoms with E-state index in [4.69, 9.17) is 6.48 Å². The molecule has 3 aliphatic rings. The van der Waals surface area contributed by atoms with Crippen LogP contribution in [0.2, 0.25) is 0 Å². The topological polar surface area (TPSA) is 115 Å². The highest BCUT2D eigenvalue weighted by molar-refractivity contribution is 7.92. The molecule has 0 bridgehead atoms. The van der Waals surface area contributed by atoms with Gasteiger partial charge in [-0.05, 0) is 67.5 Å². The maximum absolute atomic E-state index is 13.9. The number of nitrogens with zero attached hydrogens (tertiary/aromatic N) is 3. The van der Waals surface area contributed by atoms with Gasteiger partial charge in [0.05, 0.1) is 41.9 Å². The number of nitrogens with one attached hydrogen (secondary N) is 2. The maximum Gasteiger partial charge on any atom is 0.257 e. The molecule has 1 amide bonds. The zero-order valence-corrected chi connectivity index (χ0v) is 24.0. The van der Waals surface area contributed by atoms with E-state index in [1.165, 1.54) is 18.9 Å². The van der Waals surface area contributed by atoms with Crippen molar-refractivity contribution < 1.29 is 28.5 Å². The summed E-state index contributed by atoms with van der Waals surface area (Å²) in [6.45, 7) is 1.06. The monoisotopic (exact) mass is 600 g/mol. The number of aliphatic hydroxyl groups excluding tert-OH is 1. The van der Waals surface area contributed by atoms with E-state index in [1.54, 1.807) is 41.4 Å². The van der Waals surface area contributed by atoms with Gasteiger partial charge in [0.1, 0.15) is 0 Å². The first-order chi connectivity index (χ1) is 20.5. The highest BCUT2D eigenvalue weighted by atomic mass is 32.2. The van der Waals surface area contributed by atoms with Crippen molar-refractivity contribution in [3.63, 3.8) is 0 Å². The van der Waals surface area contributed by atoms with Crippen LogP contribution in [0.1, 0.15) is 50.3 Å². The molecule has 2 aromatic carbocycles. The van der Waals surface area contributed by atoms with Crippen LogP contribution in [0.5, 0.6) is 0 Å². The minimum Gasteiger partial charge on any atom is -0.395 e. The van der Waals surface area contributed by atoms with Crippen LogP contribution in [0.25, 0.3) is 10.9 Å². The van der Waals surface area contributed by atoms with E-state index in [1.807, 2.05) is 0 Å². The van der Waals surface area contributed by atoms with Crippen molar-refractivity contribution in [2.75, 3.05) is 58.4 Å². The second-order valence-electron chi connectivity index (χ2n) is 11.6. The largest absolute Gasteiger partial charge is 0.395 e. The smallest absolute Gasteiger partial charge is 0.257 e. The van der Waals surface area contributed by atoms with Crippen molar-refractivity contribution in [1.82, 2.24) is 4.98 Å². The molecule has 12 heteroatoms. The molecule has 3 heterocycles. The number of aliphatic hydroxyl groups is 1. The molecular weight excluding hydrogens is 564 g/mol. The van der Waals surface area contributed by atoms with E-state index in [9.17, 15) is 22.0 Å². The molecule has 0 unspecified atom stereocenters. The van der Waals surface area contributed by atoms with Crippen molar-refractivity contribution in [3.05, 3.63) is 54.2 Å². The van der Waals surface area contributed by atoms with Crippen LogP contribution in [-0.2, 0) is 10.0 Å². The number of amides is 1. The molecule has 9 nitrogen and oxygen atoms in total. The molecule has 0 atom stereocenters. The first-order valence-corrected chi connectivity index (χ1v) is 16.0. The maximum atomic E-state index is 13.9. The Morgan fingerprint density at radius 1 is 0.976 bits per heavy atom. The number of hydrogen-bond donors (Lipinski definition) is 3. The fourth-order valence-corrected chi connectivity index (χ4v) is 6.78. The number of carbonyl (C=O) groups excluding carboxylic acids is 1. The van der Waals surface area contributed by atoms with Crippen LogP contribution in [0.15, 0.2) is 48.6 Å². The molecule has 2 saturated heterocycles. The lowest BCUT2D eigenvalue weighted by molar-refractivity contribution is -0.0220. The number of pyridine rings is 1. The molecule has 224 valence electrons. The number of benzene rings is 2. The molecule has 1 aliphatic carbocycles. The summed E-state index contributed by atoms with van der Waals surface area (Å²) in [7, 11) is -3.77. The third-order valence-corrected chi connectivity index (χ3v) is 9.94. The molecule has 2 aliphatic heterocycles. The number of aromatic nitrogens is 1. The summed E-state index contributed by atoms with van der Waals surface area (Å²) in [6, 6.07) is 9.91. The number of halogens is 2. The Kier molecular flexibility index (Phi) is 7.13. The van der Waals surface area contributed by atoms with E-state index in [2.05, 4.69) is 19.9 Å². The number of fused-ring (bicyclic) bond motifs is 1. The lowest BCUT2D eigenvalue weighted by Gasteiger charge is -2.35. The summed E-state index contributed by atoms with van der Waals surface area (Å²) in [6.07, 6.45) is 5.32. The van der Waals surface area contributed by atoms with Crippen LogP contribution in [0, 0.1) is 5.41 Å². The number of sulfonamides is 1. The van der Waals surface area contributed by atoms with Gasteiger partial charge in [0.25, 0.3) is 11.8 Å². The third-order valence-electron chi connectivity index (χ3n) is 8.67. The fourth-order valence-electron chi connectivity index (χ4n) is 5.95. The zero-order valence-electron chi connectivity index (χ0n) is 24.2. The highest BCUT2D eigenvalue weighted by Crippen LogP contribution is 2.54. The van der Waals surface area contributed by atoms with Crippen molar-refractivity contribution >= 4 is 49.6 Å². The Labute approximate surface area is 245 Å². The Morgan fingerprint density at radius 2 is 1.67 bits per heavy atom. The third kappa shape index (κ3) is 6.14. The summed E-state index contributed by atoms with van der Waals surface area (Å²) in [5.41, 5.74) is 2.71. The summed E-state index contributed by atoms with van der Waals surface area (Å²) >= 11 is 0. The molecule has 42 heavy (non-hydrogen) atoms. The van der Waals surface area contributed by atoms with Gasteiger partial charge < -0.3 is 20.2 Å². The van der Waals surface area contributed by atoms with Gasteiger partial charge in [-0.2, -0.15) is 0 Å². The SMILES string of the molecule is [2H]c1c(NC(=O)c2ccc(NS(=O)(=O)CCO)cc2N2CCC3(CC2)CC3)cc2cccnc2c1N1CCC(F)(F)CC1. The first-order valence-electron chi connectivity index (χ1n) is 14.8. The average molecular weight is 601 g/mol. The standard InChI is InChI=1S/C30H35F2N5O4S/c31-30(32)9-14-37(15-10-30)26-20-23(18-21-2-1-11-33-27(21)26)34-28(39)24-4-3-22(35-42(40,41)17-16-38)19-25(24)36-12-7-29(5-6-29)8-13-36/h1-4,11,18-20,35,38H,5-10,12-17H2,(H,34,39)/i20D. The van der Waals surface area contributed by atoms with Gasteiger partial charge in [-0.15, -0.1) is 0 Å². The number of anilines is 4. The van der Waals surface area contributed by atoms with Crippen molar-refractivity contribution in [2.24, 2.45) is 5.41 Å². The van der Waals surface area contributed by atoms with Crippen molar-refractivity contribution in [3.8, 4) is 0 Å². The van der Waals surface area contributed by atoms with Crippen LogP contribution in [0.3, 0.4) is 0 Å². The summed E-state index contributed by atoms with van der Waals surface area (Å²) in [4.78, 5) is 22.1. The normalized spacial score (nSPS) is 19.9. The van der Waals surface area contributed by atoms with Crippen molar-refractivity contribution in [1.29, 1.82) is 0 Å². The van der Waals surface area contributed by atoms with Crippen LogP contribution in [0.4, 0.5) is 31.5 Å². The molecule has 1 aromatic heterocycles. The number of carbonyl (C=O) groups is 1. The van der Waals surface area contributed by atoms with Crippen LogP contribution in [-0.4, -0.2) is 68.9 Å². The summed E-state index contributed by atoms with van der Waals surface area (Å²) < 4.78 is 64.1. The van der Waals surface area contributed by atoms with Gasteiger partial charge in [0.15, 0.2) is 0 Å². The Bertz CT molecular complexity index is 1650. The zero-order chi connectivity index (χ0) is 30.4. The minimum atomic E-state index is -3.77. The highest BCUT2D eigenvalue weighted by Gasteiger charge is 2.44. The Morgan fingerprint density at radius 3 is 2.36 bits per heavy atom. The molecule has 1 spiro atoms. The van der Waals surface area contributed by atoms with Gasteiger partial charge in [0, 0.05) is 56.3 Å². The lowest BCUT2D eigenvalue weighted by Crippen LogP contribution is -2.39. The quantitative estimate of drug-likeness (QED) is 0.339. The first kappa shape index (κ1) is 27.3.